The second-order valence-electron chi connectivity index (χ2n) is 23.1. The van der Waals surface area contributed by atoms with Crippen LogP contribution in [-0.4, -0.2) is 20.1 Å². The minimum absolute atomic E-state index is 0.199. The molecule has 0 spiro atoms. The van der Waals surface area contributed by atoms with Crippen molar-refractivity contribution in [1.29, 1.82) is 0 Å². The lowest BCUT2D eigenvalue weighted by Crippen LogP contribution is -2.61. The summed E-state index contributed by atoms with van der Waals surface area (Å²) in [5, 5.41) is 13.6. The number of nitrogens with zero attached hydrogens (tertiary/aromatic N) is 5. The number of para-hydroxylation sites is 7. The first-order chi connectivity index (χ1) is 42.1. The molecule has 0 radical (unpaired) electrons. The summed E-state index contributed by atoms with van der Waals surface area (Å²) in [5.74, 6) is 0. The van der Waals surface area contributed by atoms with E-state index in [2.05, 4.69) is 304 Å². The zero-order valence-electron chi connectivity index (χ0n) is 46.5. The Balaban J connectivity index is 1.04. The highest BCUT2D eigenvalue weighted by Gasteiger charge is 2.46. The number of fused-ring (bicyclic) bond motifs is 16. The van der Waals surface area contributed by atoms with E-state index in [1.165, 1.54) is 103 Å². The Morgan fingerprint density at radius 1 is 0.353 bits per heavy atom. The first-order valence-electron chi connectivity index (χ1n) is 29.5. The van der Waals surface area contributed by atoms with Crippen LogP contribution in [0.5, 0.6) is 0 Å². The highest BCUT2D eigenvalue weighted by molar-refractivity contribution is 7.00. The van der Waals surface area contributed by atoms with Crippen LogP contribution in [0, 0.1) is 0 Å². The summed E-state index contributed by atoms with van der Waals surface area (Å²) in [6.07, 6.45) is 6.38. The predicted octanol–water partition coefficient (Wildman–Crippen LogP) is 17.1. The summed E-state index contributed by atoms with van der Waals surface area (Å²) in [5.41, 5.74) is 24.7. The number of rotatable bonds is 6. The molecule has 0 aliphatic carbocycles. The van der Waals surface area contributed by atoms with E-state index in [1.807, 2.05) is 6.08 Å². The second-order valence-corrected chi connectivity index (χ2v) is 23.1. The first-order valence-corrected chi connectivity index (χ1v) is 29.5. The number of allylic oxidation sites excluding steroid dienone is 1. The third-order valence-electron chi connectivity index (χ3n) is 19.0. The molecule has 0 unspecified atom stereocenters. The van der Waals surface area contributed by atoms with Crippen LogP contribution in [0.15, 0.2) is 267 Å². The normalized spacial score (nSPS) is 13.6. The molecule has 5 nitrogen and oxygen atoms in total. The standard InChI is InChI=1S/C79H50BN5/c1-3-23-53-57-33-21-35-59-61-44-63-73(46-71(61)84(78(57)59)65(53)4-2)82(66-37-16-11-28-51(66)48-24-7-5-8-25-48)75-42-50(81-68-39-18-13-30-54(68)55-31-14-19-40-69(55)81)43-76-77(75)80(63)64-45-62-60-36-22-34-58-56-32-15-20-41-70(56)85(79(58)60)72(62)47-74(64)83(76)67-38-17-12-29-52(67)49-26-9-6-10-27-49/h3-47H,1H2,2H3/b53-23-,65-4+. The zero-order valence-corrected chi connectivity index (χ0v) is 46.5. The van der Waals surface area contributed by atoms with Gasteiger partial charge in [0.25, 0.3) is 6.71 Å². The summed E-state index contributed by atoms with van der Waals surface area (Å²) in [4.78, 5) is 5.28. The van der Waals surface area contributed by atoms with Crippen molar-refractivity contribution < 1.29 is 0 Å². The summed E-state index contributed by atoms with van der Waals surface area (Å²) < 4.78 is 7.59. The van der Waals surface area contributed by atoms with Crippen LogP contribution in [0.4, 0.5) is 34.1 Å². The van der Waals surface area contributed by atoms with Crippen LogP contribution in [0.1, 0.15) is 6.92 Å². The minimum atomic E-state index is -0.199. The number of benzene rings is 12. The molecule has 0 N–H and O–H groups in total. The van der Waals surface area contributed by atoms with Crippen molar-refractivity contribution in [3.05, 3.63) is 278 Å². The molecule has 0 saturated carbocycles. The molecule has 0 bridgehead atoms. The predicted molar refractivity (Wildman–Crippen MR) is 362 cm³/mol. The summed E-state index contributed by atoms with van der Waals surface area (Å²) in [7, 11) is 0. The lowest BCUT2D eigenvalue weighted by atomic mass is 9.33. The molecule has 0 fully saturated rings. The molecular weight excluding hydrogens is 1030 g/mol. The number of anilines is 6. The van der Waals surface area contributed by atoms with E-state index >= 15 is 0 Å². The topological polar surface area (TPSA) is 20.2 Å². The van der Waals surface area contributed by atoms with Crippen molar-refractivity contribution in [2.75, 3.05) is 9.80 Å². The van der Waals surface area contributed by atoms with Crippen molar-refractivity contribution in [2.24, 2.45) is 0 Å². The molecule has 7 heterocycles. The van der Waals surface area contributed by atoms with Gasteiger partial charge in [-0.25, -0.2) is 0 Å². The summed E-state index contributed by atoms with van der Waals surface area (Å²) in [6.45, 7) is 6.17. The van der Waals surface area contributed by atoms with Gasteiger partial charge in [-0.1, -0.05) is 225 Å². The van der Waals surface area contributed by atoms with Gasteiger partial charge in [-0.05, 0) is 89.0 Å². The van der Waals surface area contributed by atoms with Crippen molar-refractivity contribution in [1.82, 2.24) is 13.4 Å². The molecule has 5 aromatic heterocycles. The Kier molecular flexibility index (Phi) is 9.44. The highest BCUT2D eigenvalue weighted by atomic mass is 15.2. The maximum Gasteiger partial charge on any atom is 0.252 e. The summed E-state index contributed by atoms with van der Waals surface area (Å²) in [6, 6.07) is 95.9. The van der Waals surface area contributed by atoms with E-state index in [4.69, 9.17) is 0 Å². The van der Waals surface area contributed by atoms with Gasteiger partial charge < -0.3 is 23.2 Å². The SMILES string of the molecule is C=C/C=c1\c(=C/C)n2c3cc4c(cc3c3cccc1c32)B1c2cc3c5cccc6c7ccccc7n(c3cc2N(c2ccccc2-c2ccccc2)c2cc(-n3c7ccccc7c7ccccc73)cc(c21)N4c1ccccc1-c1ccccc1)c65. The Morgan fingerprint density at radius 2 is 0.788 bits per heavy atom. The van der Waals surface area contributed by atoms with E-state index in [0.717, 1.165) is 73.1 Å². The Labute approximate surface area is 489 Å². The molecule has 19 rings (SSSR count). The van der Waals surface area contributed by atoms with Crippen LogP contribution >= 0.6 is 0 Å². The molecule has 2 aliphatic rings. The lowest BCUT2D eigenvalue weighted by Gasteiger charge is -2.45. The second kappa shape index (κ2) is 17.2. The van der Waals surface area contributed by atoms with Crippen molar-refractivity contribution in [2.45, 2.75) is 6.92 Å². The molecule has 394 valence electrons. The fraction of sp³-hybridized carbons (Fsp3) is 0.0127. The van der Waals surface area contributed by atoms with Gasteiger partial charge in [-0.3, -0.25) is 0 Å². The average Bonchev–Trinajstić information content (AvgIpc) is 1.74. The quantitative estimate of drug-likeness (QED) is 0.155. The smallest absolute Gasteiger partial charge is 0.252 e. The molecule has 2 aliphatic heterocycles. The molecule has 12 aromatic carbocycles. The highest BCUT2D eigenvalue weighted by Crippen LogP contribution is 2.52. The maximum absolute atomic E-state index is 4.20. The fourth-order valence-electron chi connectivity index (χ4n) is 15.7. The van der Waals surface area contributed by atoms with E-state index in [1.54, 1.807) is 0 Å². The van der Waals surface area contributed by atoms with Gasteiger partial charge in [0.05, 0.1) is 55.7 Å². The lowest BCUT2D eigenvalue weighted by molar-refractivity contribution is 1.16. The van der Waals surface area contributed by atoms with Gasteiger partial charge in [0.1, 0.15) is 0 Å². The van der Waals surface area contributed by atoms with E-state index in [9.17, 15) is 0 Å². The van der Waals surface area contributed by atoms with Crippen LogP contribution in [0.2, 0.25) is 0 Å². The van der Waals surface area contributed by atoms with Gasteiger partial charge in [-0.15, -0.1) is 0 Å². The van der Waals surface area contributed by atoms with Crippen LogP contribution in [0.3, 0.4) is 0 Å². The molecule has 0 atom stereocenters. The van der Waals surface area contributed by atoms with Crippen LogP contribution in [0.25, 0.3) is 127 Å². The Morgan fingerprint density at radius 3 is 1.33 bits per heavy atom. The molecule has 6 heteroatoms. The van der Waals surface area contributed by atoms with Gasteiger partial charge in [0.15, 0.2) is 0 Å². The van der Waals surface area contributed by atoms with E-state index in [-0.39, 0.29) is 6.71 Å². The Hall–Kier alpha value is -11.1. The fourth-order valence-corrected chi connectivity index (χ4v) is 15.7. The zero-order chi connectivity index (χ0) is 55.8. The Bertz CT molecular complexity index is 5790. The number of aromatic nitrogens is 3. The van der Waals surface area contributed by atoms with Gasteiger partial charge in [-0.2, -0.15) is 0 Å². The molecule has 0 saturated heterocycles. The van der Waals surface area contributed by atoms with Gasteiger partial charge >= 0.3 is 0 Å². The van der Waals surface area contributed by atoms with Gasteiger partial charge in [0, 0.05) is 92.9 Å². The maximum atomic E-state index is 4.20. The van der Waals surface area contributed by atoms with Crippen molar-refractivity contribution >= 4 is 156 Å². The third kappa shape index (κ3) is 6.12. The van der Waals surface area contributed by atoms with E-state index < -0.39 is 0 Å². The number of hydrogen-bond donors (Lipinski definition) is 0. The summed E-state index contributed by atoms with van der Waals surface area (Å²) >= 11 is 0. The minimum Gasteiger partial charge on any atom is -0.311 e. The van der Waals surface area contributed by atoms with Crippen LogP contribution < -0.4 is 36.8 Å². The largest absolute Gasteiger partial charge is 0.311 e. The van der Waals surface area contributed by atoms with Crippen LogP contribution in [-0.2, 0) is 0 Å². The van der Waals surface area contributed by atoms with Crippen molar-refractivity contribution in [3.8, 4) is 27.9 Å². The number of hydrogen-bond acceptors (Lipinski definition) is 2. The molecule has 85 heavy (non-hydrogen) atoms. The monoisotopic (exact) mass is 1080 g/mol. The van der Waals surface area contributed by atoms with Crippen molar-refractivity contribution in [3.63, 3.8) is 0 Å². The molecular formula is C79H50BN5. The van der Waals surface area contributed by atoms with Gasteiger partial charge in [0.2, 0.25) is 0 Å². The average molecular weight is 1080 g/mol. The molecule has 0 amide bonds. The van der Waals surface area contributed by atoms with E-state index in [0.29, 0.717) is 0 Å². The third-order valence-corrected chi connectivity index (χ3v) is 19.0. The first kappa shape index (κ1) is 46.5. The molecule has 17 aromatic rings.